The van der Waals surface area contributed by atoms with Gasteiger partial charge in [-0.25, -0.2) is 4.79 Å². The molecule has 114 valence electrons. The van der Waals surface area contributed by atoms with Gasteiger partial charge in [0.2, 0.25) is 5.91 Å². The van der Waals surface area contributed by atoms with Crippen molar-refractivity contribution in [2.45, 2.75) is 13.0 Å². The minimum Gasteiger partial charge on any atom is -0.326 e. The van der Waals surface area contributed by atoms with Gasteiger partial charge in [0.05, 0.1) is 11.0 Å². The maximum atomic E-state index is 12.0. The lowest BCUT2D eigenvalue weighted by molar-refractivity contribution is -0.116. The molecule has 3 rings (SSSR count). The highest BCUT2D eigenvalue weighted by Crippen LogP contribution is 2.17. The fraction of sp³-hybridized carbons (Fsp3) is 0.267. The van der Waals surface area contributed by atoms with Crippen molar-refractivity contribution in [3.05, 3.63) is 47.1 Å². The zero-order chi connectivity index (χ0) is 15.7. The number of nitrogens with one attached hydrogen (secondary N) is 1. The van der Waals surface area contributed by atoms with Crippen molar-refractivity contribution in [3.63, 3.8) is 0 Å². The number of imidazole rings is 1. The van der Waals surface area contributed by atoms with Crippen molar-refractivity contribution in [3.8, 4) is 0 Å². The third-order valence-corrected chi connectivity index (χ3v) is 3.68. The van der Waals surface area contributed by atoms with Crippen LogP contribution < -0.4 is 11.0 Å². The Balaban J connectivity index is 1.75. The molecule has 7 heteroatoms. The number of nitrogens with zero attached hydrogens (tertiary/aromatic N) is 4. The van der Waals surface area contributed by atoms with E-state index in [1.54, 1.807) is 40.2 Å². The van der Waals surface area contributed by atoms with E-state index in [1.807, 2.05) is 24.4 Å². The van der Waals surface area contributed by atoms with E-state index in [1.165, 1.54) is 0 Å². The third-order valence-electron chi connectivity index (χ3n) is 3.68. The van der Waals surface area contributed by atoms with Crippen LogP contribution in [0.3, 0.4) is 0 Å². The molecule has 7 nitrogen and oxygen atoms in total. The number of fused-ring (bicyclic) bond motifs is 1. The molecule has 0 radical (unpaired) electrons. The Hall–Kier alpha value is -2.83. The normalized spacial score (nSPS) is 11.0. The Kier molecular flexibility index (Phi) is 3.54. The number of aryl methyl sites for hydroxylation is 3. The highest BCUT2D eigenvalue weighted by molar-refractivity contribution is 5.93. The average molecular weight is 299 g/mol. The van der Waals surface area contributed by atoms with Crippen LogP contribution in [-0.4, -0.2) is 24.8 Å². The van der Waals surface area contributed by atoms with Gasteiger partial charge in [-0.15, -0.1) is 0 Å². The molecule has 3 aromatic rings. The number of aromatic nitrogens is 4. The van der Waals surface area contributed by atoms with Crippen LogP contribution in [0.5, 0.6) is 0 Å². The van der Waals surface area contributed by atoms with Gasteiger partial charge in [0.15, 0.2) is 0 Å². The number of amides is 1. The first-order valence-corrected chi connectivity index (χ1v) is 6.99. The van der Waals surface area contributed by atoms with E-state index >= 15 is 0 Å². The van der Waals surface area contributed by atoms with Crippen LogP contribution in [0.1, 0.15) is 6.42 Å². The molecular formula is C15H17N5O2. The molecule has 2 heterocycles. The molecule has 0 atom stereocenters. The first-order valence-electron chi connectivity index (χ1n) is 6.99. The molecule has 2 aromatic heterocycles. The Bertz CT molecular complexity index is 873. The molecule has 0 spiro atoms. The minimum atomic E-state index is -0.0872. The van der Waals surface area contributed by atoms with Gasteiger partial charge in [0, 0.05) is 45.1 Å². The van der Waals surface area contributed by atoms with Crippen LogP contribution in [0.25, 0.3) is 11.0 Å². The second-order valence-electron chi connectivity index (χ2n) is 5.17. The summed E-state index contributed by atoms with van der Waals surface area (Å²) >= 11 is 0. The van der Waals surface area contributed by atoms with E-state index in [9.17, 15) is 9.59 Å². The molecule has 0 saturated carbocycles. The van der Waals surface area contributed by atoms with Crippen molar-refractivity contribution in [1.29, 1.82) is 0 Å². The molecule has 0 saturated heterocycles. The standard InChI is InChI=1S/C15H17N5O2/c1-18-12-5-4-11(10-13(12)19(2)15(18)22)17-14(21)6-9-20-8-3-7-16-20/h3-5,7-8,10H,6,9H2,1-2H3,(H,17,21). The summed E-state index contributed by atoms with van der Waals surface area (Å²) in [6.07, 6.45) is 3.84. The molecular weight excluding hydrogens is 282 g/mol. The zero-order valence-corrected chi connectivity index (χ0v) is 12.5. The van der Waals surface area contributed by atoms with Crippen molar-refractivity contribution >= 4 is 22.6 Å². The minimum absolute atomic E-state index is 0.0860. The van der Waals surface area contributed by atoms with Crippen molar-refractivity contribution < 1.29 is 4.79 Å². The summed E-state index contributed by atoms with van der Waals surface area (Å²) < 4.78 is 4.86. The maximum absolute atomic E-state index is 12.0. The molecule has 22 heavy (non-hydrogen) atoms. The van der Waals surface area contributed by atoms with E-state index in [-0.39, 0.29) is 11.6 Å². The van der Waals surface area contributed by atoms with Gasteiger partial charge in [-0.2, -0.15) is 5.10 Å². The molecule has 0 fully saturated rings. The monoisotopic (exact) mass is 299 g/mol. The van der Waals surface area contributed by atoms with Crippen LogP contribution in [0, 0.1) is 0 Å². The van der Waals surface area contributed by atoms with Gasteiger partial charge in [-0.3, -0.25) is 18.6 Å². The second kappa shape index (κ2) is 5.51. The van der Waals surface area contributed by atoms with Crippen molar-refractivity contribution in [1.82, 2.24) is 18.9 Å². The number of hydrogen-bond acceptors (Lipinski definition) is 3. The van der Waals surface area contributed by atoms with E-state index in [2.05, 4.69) is 10.4 Å². The van der Waals surface area contributed by atoms with Crippen LogP contribution in [0.15, 0.2) is 41.5 Å². The Morgan fingerprint density at radius 3 is 2.73 bits per heavy atom. The summed E-state index contributed by atoms with van der Waals surface area (Å²) in [5, 5.41) is 6.90. The smallest absolute Gasteiger partial charge is 0.326 e. The zero-order valence-electron chi connectivity index (χ0n) is 12.5. The van der Waals surface area contributed by atoms with Crippen LogP contribution in [0.2, 0.25) is 0 Å². The van der Waals surface area contributed by atoms with E-state index in [0.717, 1.165) is 11.0 Å². The van der Waals surface area contributed by atoms with Gasteiger partial charge < -0.3 is 5.32 Å². The number of carbonyl (C=O) groups excluding carboxylic acids is 1. The summed E-state index contributed by atoms with van der Waals surface area (Å²) in [6, 6.07) is 7.26. The van der Waals surface area contributed by atoms with E-state index in [0.29, 0.717) is 18.7 Å². The highest BCUT2D eigenvalue weighted by Gasteiger charge is 2.09. The SMILES string of the molecule is Cn1c(=O)n(C)c2cc(NC(=O)CCn3cccn3)ccc21. The largest absolute Gasteiger partial charge is 0.328 e. The van der Waals surface area contributed by atoms with Gasteiger partial charge in [-0.1, -0.05) is 0 Å². The second-order valence-corrected chi connectivity index (χ2v) is 5.17. The van der Waals surface area contributed by atoms with Gasteiger partial charge in [0.1, 0.15) is 0 Å². The summed E-state index contributed by atoms with van der Waals surface area (Å²) in [5.41, 5.74) is 2.22. The predicted molar refractivity (Wildman–Crippen MR) is 83.6 cm³/mol. The van der Waals surface area contributed by atoms with Gasteiger partial charge >= 0.3 is 5.69 Å². The number of anilines is 1. The Labute approximate surface area is 126 Å². The third kappa shape index (κ3) is 2.52. The fourth-order valence-electron chi connectivity index (χ4n) is 2.46. The van der Waals surface area contributed by atoms with Crippen LogP contribution in [0.4, 0.5) is 5.69 Å². The molecule has 0 bridgehead atoms. The van der Waals surface area contributed by atoms with Crippen molar-refractivity contribution in [2.24, 2.45) is 14.1 Å². The highest BCUT2D eigenvalue weighted by atomic mass is 16.2. The molecule has 1 N–H and O–H groups in total. The van der Waals surface area contributed by atoms with Gasteiger partial charge in [0.25, 0.3) is 0 Å². The Morgan fingerprint density at radius 1 is 1.23 bits per heavy atom. The lowest BCUT2D eigenvalue weighted by atomic mass is 10.2. The molecule has 0 aliphatic heterocycles. The molecule has 1 amide bonds. The summed E-state index contributed by atoms with van der Waals surface area (Å²) in [5.74, 6) is -0.0872. The maximum Gasteiger partial charge on any atom is 0.328 e. The fourth-order valence-corrected chi connectivity index (χ4v) is 2.46. The van der Waals surface area contributed by atoms with Crippen LogP contribution in [-0.2, 0) is 25.4 Å². The van der Waals surface area contributed by atoms with Crippen LogP contribution >= 0.6 is 0 Å². The summed E-state index contributed by atoms with van der Waals surface area (Å²) in [6.45, 7) is 0.533. The number of hydrogen-bond donors (Lipinski definition) is 1. The summed E-state index contributed by atoms with van der Waals surface area (Å²) in [4.78, 5) is 23.9. The number of benzene rings is 1. The quantitative estimate of drug-likeness (QED) is 0.784. The number of carbonyl (C=O) groups is 1. The first-order chi connectivity index (χ1) is 10.6. The lowest BCUT2D eigenvalue weighted by Crippen LogP contribution is -2.19. The molecule has 0 aliphatic rings. The number of rotatable bonds is 4. The topological polar surface area (TPSA) is 73.8 Å². The lowest BCUT2D eigenvalue weighted by Gasteiger charge is -2.06. The van der Waals surface area contributed by atoms with Crippen molar-refractivity contribution in [2.75, 3.05) is 5.32 Å². The van der Waals surface area contributed by atoms with E-state index < -0.39 is 0 Å². The first kappa shape index (κ1) is 14.1. The molecule has 1 aromatic carbocycles. The Morgan fingerprint density at radius 2 is 2.00 bits per heavy atom. The molecule has 0 unspecified atom stereocenters. The predicted octanol–water partition coefficient (Wildman–Crippen LogP) is 1.10. The molecule has 0 aliphatic carbocycles. The van der Waals surface area contributed by atoms with E-state index in [4.69, 9.17) is 0 Å². The summed E-state index contributed by atoms with van der Waals surface area (Å²) in [7, 11) is 3.45. The average Bonchev–Trinajstić information content (AvgIpc) is 3.10. The van der Waals surface area contributed by atoms with Gasteiger partial charge in [-0.05, 0) is 24.3 Å².